The first-order chi connectivity index (χ1) is 17.6. The van der Waals surface area contributed by atoms with E-state index in [2.05, 4.69) is 17.6 Å². The van der Waals surface area contributed by atoms with E-state index in [1.165, 1.54) is 12.1 Å². The molecule has 1 amide bonds. The van der Waals surface area contributed by atoms with Crippen molar-refractivity contribution in [3.8, 4) is 0 Å². The first kappa shape index (κ1) is 29.5. The molecule has 0 radical (unpaired) electrons. The van der Waals surface area contributed by atoms with Crippen molar-refractivity contribution >= 4 is 50.3 Å². The van der Waals surface area contributed by atoms with Gasteiger partial charge in [0.15, 0.2) is 11.6 Å². The molecular weight excluding hydrogens is 517 g/mol. The minimum atomic E-state index is -5.06. The maximum atomic E-state index is 13.4. The van der Waals surface area contributed by atoms with Crippen molar-refractivity contribution < 1.29 is 56.9 Å². The van der Waals surface area contributed by atoms with E-state index in [9.17, 15) is 27.4 Å². The monoisotopic (exact) mass is 543 g/mol. The van der Waals surface area contributed by atoms with Gasteiger partial charge in [-0.25, -0.2) is 8.42 Å². The van der Waals surface area contributed by atoms with Gasteiger partial charge < -0.3 is 20.9 Å². The molecule has 1 aliphatic carbocycles. The van der Waals surface area contributed by atoms with Gasteiger partial charge in [-0.15, -0.1) is 0 Å². The molecule has 4 rings (SSSR count). The van der Waals surface area contributed by atoms with E-state index in [1.807, 2.05) is 0 Å². The molecule has 0 aromatic heterocycles. The van der Waals surface area contributed by atoms with E-state index in [-0.39, 0.29) is 63.4 Å². The molecule has 4 N–H and O–H groups in total. The molecule has 0 heterocycles. The number of benzene rings is 3. The molecule has 0 atom stereocenters. The summed E-state index contributed by atoms with van der Waals surface area (Å²) in [6, 6.07) is 13.6. The van der Waals surface area contributed by atoms with Crippen LogP contribution in [0, 0.1) is 0 Å². The van der Waals surface area contributed by atoms with Crippen LogP contribution in [-0.4, -0.2) is 30.4 Å². The molecular formula is C27H26N3NaO6S. The van der Waals surface area contributed by atoms with Gasteiger partial charge in [0.2, 0.25) is 5.91 Å². The van der Waals surface area contributed by atoms with Crippen LogP contribution >= 0.6 is 0 Å². The maximum absolute atomic E-state index is 13.4. The van der Waals surface area contributed by atoms with Crippen LogP contribution in [0.4, 0.5) is 22.7 Å². The Balaban J connectivity index is 0.00000400. The summed E-state index contributed by atoms with van der Waals surface area (Å²) in [6.45, 7) is 2.10. The predicted octanol–water partition coefficient (Wildman–Crippen LogP) is 1.60. The standard InChI is InChI=1S/C27H27N3O6S.Na/c1-2-3-4-5-10-22(31)30-17-13-11-16(12-14-17)29-20-15-21(37(34,35)36)25(28)24-23(20)26(32)18-8-6-7-9-19(18)27(24)33;/h6-9,11-15,29H,2-5,10,28H2,1H3,(H,30,31)(H,34,35,36);/q;+1/p-1. The summed E-state index contributed by atoms with van der Waals surface area (Å²) in [6.07, 6.45) is 4.38. The molecule has 1 aliphatic rings. The van der Waals surface area contributed by atoms with Gasteiger partial charge in [-0.2, -0.15) is 0 Å². The molecule has 0 aliphatic heterocycles. The average molecular weight is 544 g/mol. The van der Waals surface area contributed by atoms with Crippen molar-refractivity contribution in [3.63, 3.8) is 0 Å². The topological polar surface area (TPSA) is 158 Å². The fraction of sp³-hybridized carbons (Fsp3) is 0.222. The number of nitrogen functional groups attached to an aromatic ring is 1. The van der Waals surface area contributed by atoms with E-state index >= 15 is 0 Å². The number of hydrogen-bond donors (Lipinski definition) is 3. The summed E-state index contributed by atoms with van der Waals surface area (Å²) in [5.41, 5.74) is 6.15. The quantitative estimate of drug-likeness (QED) is 0.124. The summed E-state index contributed by atoms with van der Waals surface area (Å²) >= 11 is 0. The third-order valence-corrected chi connectivity index (χ3v) is 7.05. The largest absolute Gasteiger partial charge is 1.00 e. The van der Waals surface area contributed by atoms with E-state index in [4.69, 9.17) is 5.73 Å². The number of carbonyl (C=O) groups is 3. The zero-order valence-electron chi connectivity index (χ0n) is 21.2. The number of nitrogens with one attached hydrogen (secondary N) is 2. The van der Waals surface area contributed by atoms with Crippen LogP contribution in [0.2, 0.25) is 0 Å². The Labute approximate surface area is 243 Å². The van der Waals surface area contributed by atoms with Crippen LogP contribution in [0.3, 0.4) is 0 Å². The molecule has 3 aromatic rings. The molecule has 11 heteroatoms. The van der Waals surface area contributed by atoms with E-state index in [0.29, 0.717) is 17.8 Å². The molecule has 38 heavy (non-hydrogen) atoms. The second-order valence-electron chi connectivity index (χ2n) is 8.81. The second-order valence-corrected chi connectivity index (χ2v) is 10.2. The van der Waals surface area contributed by atoms with Crippen LogP contribution in [0.5, 0.6) is 0 Å². The van der Waals surface area contributed by atoms with Crippen molar-refractivity contribution in [2.24, 2.45) is 0 Å². The molecule has 0 fully saturated rings. The van der Waals surface area contributed by atoms with Gasteiger partial charge in [0.05, 0.1) is 27.4 Å². The van der Waals surface area contributed by atoms with Crippen LogP contribution in [0.1, 0.15) is 70.9 Å². The first-order valence-corrected chi connectivity index (χ1v) is 13.3. The summed E-state index contributed by atoms with van der Waals surface area (Å²) in [5.74, 6) is -1.27. The van der Waals surface area contributed by atoms with E-state index < -0.39 is 32.3 Å². The molecule has 0 spiro atoms. The Bertz CT molecular complexity index is 1500. The van der Waals surface area contributed by atoms with Crippen molar-refractivity contribution in [1.82, 2.24) is 0 Å². The van der Waals surface area contributed by atoms with Gasteiger partial charge in [0, 0.05) is 28.9 Å². The number of hydrogen-bond acceptors (Lipinski definition) is 8. The smallest absolute Gasteiger partial charge is 0.744 e. The van der Waals surface area contributed by atoms with Crippen molar-refractivity contribution in [1.29, 1.82) is 0 Å². The Morgan fingerprint density at radius 2 is 1.47 bits per heavy atom. The van der Waals surface area contributed by atoms with Crippen LogP contribution in [0.15, 0.2) is 59.5 Å². The second kappa shape index (κ2) is 12.2. The van der Waals surface area contributed by atoms with Crippen LogP contribution in [-0.2, 0) is 14.9 Å². The zero-order chi connectivity index (χ0) is 26.7. The molecule has 9 nitrogen and oxygen atoms in total. The van der Waals surface area contributed by atoms with Crippen molar-refractivity contribution in [2.45, 2.75) is 43.9 Å². The normalized spacial score (nSPS) is 12.3. The Kier molecular flexibility index (Phi) is 9.50. The van der Waals surface area contributed by atoms with Gasteiger partial charge >= 0.3 is 29.6 Å². The molecule has 3 aromatic carbocycles. The third kappa shape index (κ3) is 6.16. The average Bonchev–Trinajstić information content (AvgIpc) is 2.86. The number of amides is 1. The van der Waals surface area contributed by atoms with Gasteiger partial charge in [0.25, 0.3) is 0 Å². The first-order valence-electron chi connectivity index (χ1n) is 11.9. The summed E-state index contributed by atoms with van der Waals surface area (Å²) < 4.78 is 35.8. The number of unbranched alkanes of at least 4 members (excludes halogenated alkanes) is 3. The number of ketones is 2. The van der Waals surface area contributed by atoms with Crippen LogP contribution in [0.25, 0.3) is 0 Å². The molecule has 0 bridgehead atoms. The fourth-order valence-electron chi connectivity index (χ4n) is 4.33. The minimum absolute atomic E-state index is 0. The molecule has 0 unspecified atom stereocenters. The number of nitrogens with two attached hydrogens (primary N) is 1. The SMILES string of the molecule is CCCCCCC(=O)Nc1ccc(Nc2cc(S(=O)(=O)[O-])c(N)c3c2C(=O)c2ccccc2C3=O)cc1.[Na+]. The Morgan fingerprint density at radius 3 is 2.05 bits per heavy atom. The van der Waals surface area contributed by atoms with E-state index in [1.54, 1.807) is 36.4 Å². The number of rotatable bonds is 9. The summed E-state index contributed by atoms with van der Waals surface area (Å²) in [5, 5.41) is 5.76. The van der Waals surface area contributed by atoms with Gasteiger partial charge in [0.1, 0.15) is 10.1 Å². The fourth-order valence-corrected chi connectivity index (χ4v) is 4.96. The van der Waals surface area contributed by atoms with Crippen molar-refractivity contribution in [3.05, 3.63) is 76.9 Å². The van der Waals surface area contributed by atoms with E-state index in [0.717, 1.165) is 31.7 Å². The van der Waals surface area contributed by atoms with Gasteiger partial charge in [-0.1, -0.05) is 50.5 Å². The minimum Gasteiger partial charge on any atom is -0.744 e. The van der Waals surface area contributed by atoms with Crippen molar-refractivity contribution in [2.75, 3.05) is 16.4 Å². The van der Waals surface area contributed by atoms with Gasteiger partial charge in [-0.05, 0) is 36.8 Å². The number of fused-ring (bicyclic) bond motifs is 2. The predicted molar refractivity (Wildman–Crippen MR) is 139 cm³/mol. The number of anilines is 4. The maximum Gasteiger partial charge on any atom is 1.00 e. The Hall–Kier alpha value is -3.02. The van der Waals surface area contributed by atoms with Gasteiger partial charge in [-0.3, -0.25) is 14.4 Å². The summed E-state index contributed by atoms with van der Waals surface area (Å²) in [7, 11) is -5.06. The Morgan fingerprint density at radius 1 is 0.895 bits per heavy atom. The number of carbonyl (C=O) groups excluding carboxylic acids is 3. The molecule has 192 valence electrons. The van der Waals surface area contributed by atoms with Crippen LogP contribution < -0.4 is 45.9 Å². The molecule has 0 saturated carbocycles. The third-order valence-electron chi connectivity index (χ3n) is 6.17. The molecule has 0 saturated heterocycles. The zero-order valence-corrected chi connectivity index (χ0v) is 24.0. The summed E-state index contributed by atoms with van der Waals surface area (Å²) in [4.78, 5) is 37.9.